The Hall–Kier alpha value is -3.31. The third-order valence-electron chi connectivity index (χ3n) is 3.73. The summed E-state index contributed by atoms with van der Waals surface area (Å²) in [6.07, 6.45) is 0. The zero-order chi connectivity index (χ0) is 18.5. The quantitative estimate of drug-likeness (QED) is 0.582. The lowest BCUT2D eigenvalue weighted by atomic mass is 10.0. The Bertz CT molecular complexity index is 958. The maximum Gasteiger partial charge on any atom is 0.337 e. The molecule has 0 unspecified atom stereocenters. The van der Waals surface area contributed by atoms with Crippen LogP contribution < -0.4 is 10.6 Å². The number of amides is 2. The number of hydrogen-bond acceptors (Lipinski definition) is 2. The maximum absolute atomic E-state index is 12.2. The minimum absolute atomic E-state index is 0.000613. The van der Waals surface area contributed by atoms with Gasteiger partial charge in [-0.25, -0.2) is 9.59 Å². The number of carbonyl (C=O) groups is 2. The summed E-state index contributed by atoms with van der Waals surface area (Å²) in [6, 6.07) is 20.5. The van der Waals surface area contributed by atoms with Crippen molar-refractivity contribution in [2.24, 2.45) is 0 Å². The Morgan fingerprint density at radius 3 is 2.12 bits per heavy atom. The van der Waals surface area contributed by atoms with Crippen LogP contribution in [0.3, 0.4) is 0 Å². The molecule has 0 bridgehead atoms. The van der Waals surface area contributed by atoms with Crippen LogP contribution in [-0.4, -0.2) is 17.1 Å². The zero-order valence-corrected chi connectivity index (χ0v) is 14.3. The highest BCUT2D eigenvalue weighted by molar-refractivity contribution is 6.33. The molecule has 0 spiro atoms. The highest BCUT2D eigenvalue weighted by Gasteiger charge is 2.14. The van der Waals surface area contributed by atoms with Crippen LogP contribution in [0.4, 0.5) is 16.2 Å². The fraction of sp³-hybridized carbons (Fsp3) is 0. The molecule has 0 atom stereocenters. The molecule has 0 aliphatic heterocycles. The largest absolute Gasteiger partial charge is 0.478 e. The van der Waals surface area contributed by atoms with E-state index in [1.807, 2.05) is 30.3 Å². The molecular weight excluding hydrogens is 352 g/mol. The Morgan fingerprint density at radius 2 is 1.42 bits per heavy atom. The number of carboxylic acids is 1. The first-order valence-corrected chi connectivity index (χ1v) is 8.17. The Kier molecular flexibility index (Phi) is 5.20. The van der Waals surface area contributed by atoms with Crippen molar-refractivity contribution in [3.8, 4) is 11.1 Å². The third-order valence-corrected chi connectivity index (χ3v) is 4.06. The number of halogens is 1. The number of carboxylic acid groups (broad SMARTS) is 1. The number of carbonyl (C=O) groups excluding carboxylic acids is 1. The summed E-state index contributed by atoms with van der Waals surface area (Å²) in [4.78, 5) is 23.8. The molecule has 26 heavy (non-hydrogen) atoms. The van der Waals surface area contributed by atoms with Crippen LogP contribution >= 0.6 is 11.6 Å². The van der Waals surface area contributed by atoms with Crippen LogP contribution in [0.2, 0.25) is 5.02 Å². The highest BCUT2D eigenvalue weighted by Crippen LogP contribution is 2.26. The number of para-hydroxylation sites is 1. The fourth-order valence-electron chi connectivity index (χ4n) is 2.48. The van der Waals surface area contributed by atoms with Crippen LogP contribution in [-0.2, 0) is 0 Å². The summed E-state index contributed by atoms with van der Waals surface area (Å²) < 4.78 is 0. The van der Waals surface area contributed by atoms with E-state index in [-0.39, 0.29) is 11.3 Å². The van der Waals surface area contributed by atoms with E-state index < -0.39 is 12.0 Å². The average Bonchev–Trinajstić information content (AvgIpc) is 2.64. The van der Waals surface area contributed by atoms with E-state index in [4.69, 9.17) is 11.6 Å². The lowest BCUT2D eigenvalue weighted by molar-refractivity contribution is 0.0698. The van der Waals surface area contributed by atoms with Gasteiger partial charge in [0.05, 0.1) is 22.0 Å². The van der Waals surface area contributed by atoms with Crippen molar-refractivity contribution in [2.45, 2.75) is 0 Å². The standard InChI is InChI=1S/C20H15ClN2O3/c21-16-8-4-5-9-18(16)23-20(26)22-17-11-10-14(12-15(17)19(24)25)13-6-2-1-3-7-13/h1-12H,(H,24,25)(H2,22,23,26). The number of nitrogens with one attached hydrogen (secondary N) is 2. The second-order valence-electron chi connectivity index (χ2n) is 5.49. The first kappa shape index (κ1) is 17.5. The number of urea groups is 1. The SMILES string of the molecule is O=C(Nc1ccccc1Cl)Nc1ccc(-c2ccccc2)cc1C(=O)O. The molecular formula is C20H15ClN2O3. The maximum atomic E-state index is 12.2. The van der Waals surface area contributed by atoms with E-state index in [2.05, 4.69) is 10.6 Å². The van der Waals surface area contributed by atoms with E-state index in [0.717, 1.165) is 11.1 Å². The lowest BCUT2D eigenvalue weighted by Crippen LogP contribution is -2.21. The molecule has 2 amide bonds. The summed E-state index contributed by atoms with van der Waals surface area (Å²) in [6.45, 7) is 0. The van der Waals surface area contributed by atoms with Gasteiger partial charge in [-0.1, -0.05) is 60.1 Å². The Balaban J connectivity index is 1.84. The second kappa shape index (κ2) is 7.72. The molecule has 5 nitrogen and oxygen atoms in total. The molecule has 3 aromatic carbocycles. The minimum Gasteiger partial charge on any atom is -0.478 e. The second-order valence-corrected chi connectivity index (χ2v) is 5.90. The number of hydrogen-bond donors (Lipinski definition) is 3. The molecule has 0 fully saturated rings. The molecule has 0 saturated heterocycles. The zero-order valence-electron chi connectivity index (χ0n) is 13.6. The van der Waals surface area contributed by atoms with E-state index in [1.54, 1.807) is 36.4 Å². The van der Waals surface area contributed by atoms with Gasteiger partial charge in [-0.05, 0) is 35.4 Å². The normalized spacial score (nSPS) is 10.2. The molecule has 3 aromatic rings. The summed E-state index contributed by atoms with van der Waals surface area (Å²) in [5.41, 5.74) is 2.27. The van der Waals surface area contributed by atoms with Crippen molar-refractivity contribution >= 4 is 35.0 Å². The number of aromatic carboxylic acids is 1. The van der Waals surface area contributed by atoms with Crippen molar-refractivity contribution in [3.05, 3.63) is 83.4 Å². The molecule has 0 saturated carbocycles. The van der Waals surface area contributed by atoms with Crippen LogP contribution in [0, 0.1) is 0 Å². The van der Waals surface area contributed by atoms with Crippen molar-refractivity contribution in [2.75, 3.05) is 10.6 Å². The topological polar surface area (TPSA) is 78.4 Å². The highest BCUT2D eigenvalue weighted by atomic mass is 35.5. The molecule has 0 aliphatic carbocycles. The summed E-state index contributed by atoms with van der Waals surface area (Å²) in [5.74, 6) is -1.13. The van der Waals surface area contributed by atoms with Gasteiger partial charge < -0.3 is 15.7 Å². The summed E-state index contributed by atoms with van der Waals surface area (Å²) >= 11 is 6.01. The van der Waals surface area contributed by atoms with Crippen LogP contribution in [0.1, 0.15) is 10.4 Å². The summed E-state index contributed by atoms with van der Waals surface area (Å²) in [5, 5.41) is 15.0. The molecule has 0 radical (unpaired) electrons. The van der Waals surface area contributed by atoms with Gasteiger partial charge in [0, 0.05) is 0 Å². The van der Waals surface area contributed by atoms with Gasteiger partial charge in [0.25, 0.3) is 0 Å². The Morgan fingerprint density at radius 1 is 0.769 bits per heavy atom. The predicted octanol–water partition coefficient (Wildman–Crippen LogP) is 5.35. The first-order valence-electron chi connectivity index (χ1n) is 7.80. The summed E-state index contributed by atoms with van der Waals surface area (Å²) in [7, 11) is 0. The smallest absolute Gasteiger partial charge is 0.337 e. The van der Waals surface area contributed by atoms with E-state index in [0.29, 0.717) is 10.7 Å². The van der Waals surface area contributed by atoms with Gasteiger partial charge in [-0.3, -0.25) is 0 Å². The molecule has 6 heteroatoms. The number of rotatable bonds is 4. The van der Waals surface area contributed by atoms with Gasteiger partial charge >= 0.3 is 12.0 Å². The predicted molar refractivity (Wildman–Crippen MR) is 103 cm³/mol. The third kappa shape index (κ3) is 4.02. The van der Waals surface area contributed by atoms with E-state index >= 15 is 0 Å². The lowest BCUT2D eigenvalue weighted by Gasteiger charge is -2.12. The minimum atomic E-state index is -1.13. The monoisotopic (exact) mass is 366 g/mol. The van der Waals surface area contributed by atoms with Crippen LogP contribution in [0.15, 0.2) is 72.8 Å². The average molecular weight is 367 g/mol. The number of anilines is 2. The van der Waals surface area contributed by atoms with Gasteiger partial charge in [-0.15, -0.1) is 0 Å². The molecule has 3 rings (SSSR count). The molecule has 0 aliphatic rings. The fourth-order valence-corrected chi connectivity index (χ4v) is 2.66. The van der Waals surface area contributed by atoms with Crippen molar-refractivity contribution in [1.82, 2.24) is 0 Å². The van der Waals surface area contributed by atoms with Gasteiger partial charge in [0.1, 0.15) is 0 Å². The molecule has 0 aromatic heterocycles. The Labute approximate surface area is 155 Å². The van der Waals surface area contributed by atoms with Crippen molar-refractivity contribution in [1.29, 1.82) is 0 Å². The molecule has 0 heterocycles. The van der Waals surface area contributed by atoms with E-state index in [1.165, 1.54) is 6.07 Å². The molecule has 3 N–H and O–H groups in total. The van der Waals surface area contributed by atoms with Crippen molar-refractivity contribution < 1.29 is 14.7 Å². The van der Waals surface area contributed by atoms with Gasteiger partial charge in [0.15, 0.2) is 0 Å². The van der Waals surface area contributed by atoms with E-state index in [9.17, 15) is 14.7 Å². The first-order chi connectivity index (χ1) is 12.5. The van der Waals surface area contributed by atoms with Crippen molar-refractivity contribution in [3.63, 3.8) is 0 Å². The van der Waals surface area contributed by atoms with Gasteiger partial charge in [-0.2, -0.15) is 0 Å². The van der Waals surface area contributed by atoms with Crippen LogP contribution in [0.5, 0.6) is 0 Å². The van der Waals surface area contributed by atoms with Crippen LogP contribution in [0.25, 0.3) is 11.1 Å². The van der Waals surface area contributed by atoms with Gasteiger partial charge in [0.2, 0.25) is 0 Å². The molecule has 130 valence electrons. The number of benzene rings is 3.